The van der Waals surface area contributed by atoms with Crippen molar-refractivity contribution in [3.63, 3.8) is 0 Å². The van der Waals surface area contributed by atoms with E-state index in [0.717, 1.165) is 45.0 Å². The van der Waals surface area contributed by atoms with Gasteiger partial charge in [-0.15, -0.1) is 24.0 Å². The molecule has 2 rings (SSSR count). The molecule has 0 saturated carbocycles. The quantitative estimate of drug-likeness (QED) is 0.327. The fraction of sp³-hybridized carbons (Fsp3) is 0.692. The molecule has 1 aromatic rings. The number of likely N-dealkylation sites (tertiary alicyclic amines) is 1. The average molecular weight is 422 g/mol. The number of aliphatic imine (C=N–C) groups is 1. The van der Waals surface area contributed by atoms with E-state index in [1.807, 2.05) is 0 Å². The first-order chi connectivity index (χ1) is 10.2. The molecule has 1 fully saturated rings. The Kier molecular flexibility index (Phi) is 8.13. The summed E-state index contributed by atoms with van der Waals surface area (Å²) in [4.78, 5) is 21.9. The number of carbonyl (C=O) groups is 1. The van der Waals surface area contributed by atoms with Gasteiger partial charge >= 0.3 is 5.97 Å². The molecule has 0 unspecified atom stereocenters. The van der Waals surface area contributed by atoms with Gasteiger partial charge in [-0.05, 0) is 12.8 Å². The molecule has 0 aliphatic carbocycles. The lowest BCUT2D eigenvalue weighted by molar-refractivity contribution is -0.146. The molecule has 0 spiro atoms. The third-order valence-corrected chi connectivity index (χ3v) is 3.63. The number of hydrogen-bond donors (Lipinski definition) is 1. The summed E-state index contributed by atoms with van der Waals surface area (Å²) in [5.41, 5.74) is 0. The van der Waals surface area contributed by atoms with Crippen molar-refractivity contribution in [2.75, 3.05) is 33.8 Å². The highest BCUT2D eigenvalue weighted by molar-refractivity contribution is 14.0. The first-order valence-electron chi connectivity index (χ1n) is 7.10. The Morgan fingerprint density at radius 1 is 1.45 bits per heavy atom. The van der Waals surface area contributed by atoms with Gasteiger partial charge in [0.15, 0.2) is 5.96 Å². The number of halogens is 1. The van der Waals surface area contributed by atoms with E-state index in [-0.39, 0.29) is 35.9 Å². The predicted octanol–water partition coefficient (Wildman–Crippen LogP) is 0.356. The molecular formula is C13H23IN6O2. The number of nitrogens with zero attached hydrogens (tertiary/aromatic N) is 5. The maximum absolute atomic E-state index is 11.5. The molecule has 9 heteroatoms. The first-order valence-corrected chi connectivity index (χ1v) is 7.10. The summed E-state index contributed by atoms with van der Waals surface area (Å²) >= 11 is 0. The van der Waals surface area contributed by atoms with E-state index >= 15 is 0 Å². The summed E-state index contributed by atoms with van der Waals surface area (Å²) in [6.07, 6.45) is 4.81. The van der Waals surface area contributed by atoms with Crippen LogP contribution in [0.5, 0.6) is 0 Å². The largest absolute Gasteiger partial charge is 0.469 e. The van der Waals surface area contributed by atoms with Crippen molar-refractivity contribution >= 4 is 35.9 Å². The van der Waals surface area contributed by atoms with E-state index in [2.05, 4.69) is 25.3 Å². The van der Waals surface area contributed by atoms with Gasteiger partial charge in [0.2, 0.25) is 0 Å². The third-order valence-electron chi connectivity index (χ3n) is 3.63. The zero-order valence-electron chi connectivity index (χ0n) is 12.9. The standard InChI is InChI=1S/C13H22N6O2.HI/c1-14-13(16-5-8-19-10-15-9-17-19)18-6-3-11(4-7-18)12(20)21-2;/h9-11H,3-8H2,1-2H3,(H,14,16);1H. The van der Waals surface area contributed by atoms with Crippen LogP contribution in [-0.2, 0) is 16.1 Å². The number of carbonyl (C=O) groups excluding carboxylic acids is 1. The van der Waals surface area contributed by atoms with Crippen molar-refractivity contribution in [2.24, 2.45) is 10.9 Å². The zero-order valence-corrected chi connectivity index (χ0v) is 15.3. The lowest BCUT2D eigenvalue weighted by atomic mass is 9.97. The van der Waals surface area contributed by atoms with E-state index in [1.165, 1.54) is 13.4 Å². The number of aromatic nitrogens is 3. The SMILES string of the molecule is CN=C(NCCn1cncn1)N1CCC(C(=O)OC)CC1.I. The van der Waals surface area contributed by atoms with Gasteiger partial charge in [0.05, 0.1) is 19.6 Å². The molecule has 8 nitrogen and oxygen atoms in total. The van der Waals surface area contributed by atoms with Crippen molar-refractivity contribution in [3.8, 4) is 0 Å². The monoisotopic (exact) mass is 422 g/mol. The molecule has 1 saturated heterocycles. The van der Waals surface area contributed by atoms with Gasteiger partial charge in [0.25, 0.3) is 0 Å². The molecular weight excluding hydrogens is 399 g/mol. The predicted molar refractivity (Wildman–Crippen MR) is 93.1 cm³/mol. The number of nitrogens with one attached hydrogen (secondary N) is 1. The van der Waals surface area contributed by atoms with Crippen molar-refractivity contribution in [2.45, 2.75) is 19.4 Å². The highest BCUT2D eigenvalue weighted by atomic mass is 127. The fourth-order valence-corrected chi connectivity index (χ4v) is 2.46. The number of piperidine rings is 1. The van der Waals surface area contributed by atoms with E-state index in [0.29, 0.717) is 0 Å². The van der Waals surface area contributed by atoms with Crippen LogP contribution in [0.2, 0.25) is 0 Å². The molecule has 1 aliphatic heterocycles. The highest BCUT2D eigenvalue weighted by Crippen LogP contribution is 2.18. The second kappa shape index (κ2) is 9.59. The second-order valence-electron chi connectivity index (χ2n) is 4.92. The first kappa shape index (κ1) is 18.7. The van der Waals surface area contributed by atoms with Gasteiger partial charge in [-0.3, -0.25) is 14.5 Å². The summed E-state index contributed by atoms with van der Waals surface area (Å²) in [6, 6.07) is 0. The van der Waals surface area contributed by atoms with Crippen molar-refractivity contribution in [3.05, 3.63) is 12.7 Å². The topological polar surface area (TPSA) is 84.6 Å². The van der Waals surface area contributed by atoms with Crippen LogP contribution in [0, 0.1) is 5.92 Å². The normalized spacial score (nSPS) is 16.1. The average Bonchev–Trinajstić information content (AvgIpc) is 3.04. The molecule has 1 N–H and O–H groups in total. The lowest BCUT2D eigenvalue weighted by Gasteiger charge is -2.33. The Labute approximate surface area is 147 Å². The van der Waals surface area contributed by atoms with Crippen LogP contribution < -0.4 is 5.32 Å². The zero-order chi connectivity index (χ0) is 15.1. The molecule has 0 atom stereocenters. The minimum atomic E-state index is -0.108. The molecule has 124 valence electrons. The third kappa shape index (κ3) is 5.11. The Bertz CT molecular complexity index is 471. The van der Waals surface area contributed by atoms with Crippen LogP contribution >= 0.6 is 24.0 Å². The molecule has 1 aliphatic rings. The minimum absolute atomic E-state index is 0. The summed E-state index contributed by atoms with van der Waals surface area (Å²) in [7, 11) is 3.21. The van der Waals surface area contributed by atoms with Crippen molar-refractivity contribution in [1.29, 1.82) is 0 Å². The highest BCUT2D eigenvalue weighted by Gasteiger charge is 2.26. The lowest BCUT2D eigenvalue weighted by Crippen LogP contribution is -2.47. The number of esters is 1. The van der Waals surface area contributed by atoms with Crippen molar-refractivity contribution in [1.82, 2.24) is 25.0 Å². The molecule has 22 heavy (non-hydrogen) atoms. The number of hydrogen-bond acceptors (Lipinski definition) is 5. The number of guanidine groups is 1. The summed E-state index contributed by atoms with van der Waals surface area (Å²) < 4.78 is 6.57. The Hall–Kier alpha value is -1.39. The number of methoxy groups -OCH3 is 1. The summed E-state index contributed by atoms with van der Waals surface area (Å²) in [5.74, 6) is 0.765. The summed E-state index contributed by atoms with van der Waals surface area (Å²) in [5, 5.41) is 7.36. The minimum Gasteiger partial charge on any atom is -0.469 e. The van der Waals surface area contributed by atoms with E-state index in [1.54, 1.807) is 18.1 Å². The molecule has 2 heterocycles. The molecule has 0 aromatic carbocycles. The molecule has 0 amide bonds. The van der Waals surface area contributed by atoms with Gasteiger partial charge in [-0.2, -0.15) is 5.10 Å². The van der Waals surface area contributed by atoms with Gasteiger partial charge in [-0.25, -0.2) is 4.98 Å². The van der Waals surface area contributed by atoms with E-state index < -0.39 is 0 Å². The second-order valence-corrected chi connectivity index (χ2v) is 4.92. The van der Waals surface area contributed by atoms with Crippen LogP contribution in [0.15, 0.2) is 17.6 Å². The van der Waals surface area contributed by atoms with Gasteiger partial charge < -0.3 is 15.0 Å². The Morgan fingerprint density at radius 3 is 2.73 bits per heavy atom. The Balaban J connectivity index is 0.00000242. The summed E-state index contributed by atoms with van der Waals surface area (Å²) in [6.45, 7) is 3.08. The van der Waals surface area contributed by atoms with Crippen LogP contribution in [0.25, 0.3) is 0 Å². The fourth-order valence-electron chi connectivity index (χ4n) is 2.46. The van der Waals surface area contributed by atoms with Crippen LogP contribution in [0.3, 0.4) is 0 Å². The van der Waals surface area contributed by atoms with E-state index in [4.69, 9.17) is 4.74 Å². The molecule has 0 bridgehead atoms. The smallest absolute Gasteiger partial charge is 0.308 e. The molecule has 0 radical (unpaired) electrons. The van der Waals surface area contributed by atoms with Crippen molar-refractivity contribution < 1.29 is 9.53 Å². The maximum Gasteiger partial charge on any atom is 0.308 e. The van der Waals surface area contributed by atoms with Crippen LogP contribution in [-0.4, -0.2) is 65.4 Å². The Morgan fingerprint density at radius 2 is 2.18 bits per heavy atom. The van der Waals surface area contributed by atoms with E-state index in [9.17, 15) is 4.79 Å². The maximum atomic E-state index is 11.5. The number of rotatable bonds is 4. The van der Waals surface area contributed by atoms with Gasteiger partial charge in [-0.1, -0.05) is 0 Å². The van der Waals surface area contributed by atoms with Gasteiger partial charge in [0.1, 0.15) is 12.7 Å². The molecule has 1 aromatic heterocycles. The van der Waals surface area contributed by atoms with Gasteiger partial charge in [0, 0.05) is 26.7 Å². The van der Waals surface area contributed by atoms with Crippen LogP contribution in [0.1, 0.15) is 12.8 Å². The number of ether oxygens (including phenoxy) is 1. The van der Waals surface area contributed by atoms with Crippen LogP contribution in [0.4, 0.5) is 0 Å².